The van der Waals surface area contributed by atoms with Gasteiger partial charge in [0.2, 0.25) is 0 Å². The molecule has 0 fully saturated rings. The van der Waals surface area contributed by atoms with Gasteiger partial charge in [-0.3, -0.25) is 0 Å². The van der Waals surface area contributed by atoms with Crippen molar-refractivity contribution < 1.29 is 0 Å². The summed E-state index contributed by atoms with van der Waals surface area (Å²) in [5, 5.41) is 3.00. The maximum absolute atomic E-state index is 6.14. The molecule has 0 N–H and O–H groups in total. The molecule has 9 heteroatoms. The highest BCUT2D eigenvalue weighted by atomic mass is 35.8. The Bertz CT molecular complexity index is 906. The number of halogens is 6. The van der Waals surface area contributed by atoms with Gasteiger partial charge in [-0.25, -0.2) is 0 Å². The standard InChI is InChI=1S/C19H16Cl6Si3/c20-26-16-7-1-13(2-8-16)19(14-3-9-17(10-4-14)27(21)22)15-5-11-18(12-6-15)28(23,24)25/h1-12,19,27H,26H2. The average molecular weight is 541 g/mol. The van der Waals surface area contributed by atoms with Crippen molar-refractivity contribution in [3.05, 3.63) is 89.5 Å². The van der Waals surface area contributed by atoms with Crippen LogP contribution in [0.25, 0.3) is 0 Å². The highest BCUT2D eigenvalue weighted by molar-refractivity contribution is 7.69. The summed E-state index contributed by atoms with van der Waals surface area (Å²) in [5.41, 5.74) is 3.46. The van der Waals surface area contributed by atoms with Crippen molar-refractivity contribution in [2.45, 2.75) is 5.92 Å². The molecule has 0 bridgehead atoms. The lowest BCUT2D eigenvalue weighted by atomic mass is 9.85. The minimum absolute atomic E-state index is 0.0527. The first kappa shape index (κ1) is 22.7. The normalized spacial score (nSPS) is 13.4. The van der Waals surface area contributed by atoms with E-state index < -0.39 is 22.2 Å². The van der Waals surface area contributed by atoms with Gasteiger partial charge in [0.05, 0.1) is 0 Å². The van der Waals surface area contributed by atoms with Gasteiger partial charge < -0.3 is 0 Å². The summed E-state index contributed by atoms with van der Waals surface area (Å²) in [5.74, 6) is 0.0527. The first-order valence-corrected chi connectivity index (χ1v) is 20.4. The first-order chi connectivity index (χ1) is 13.3. The third-order valence-electron chi connectivity index (χ3n) is 4.56. The third kappa shape index (κ3) is 5.60. The lowest BCUT2D eigenvalue weighted by Crippen LogP contribution is -2.29. The van der Waals surface area contributed by atoms with Crippen LogP contribution in [0.4, 0.5) is 0 Å². The minimum atomic E-state index is -2.90. The van der Waals surface area contributed by atoms with Crippen LogP contribution in [0.15, 0.2) is 72.8 Å². The molecule has 0 aromatic heterocycles. The Balaban J connectivity index is 2.05. The van der Waals surface area contributed by atoms with Gasteiger partial charge in [-0.15, -0.1) is 55.4 Å². The lowest BCUT2D eigenvalue weighted by molar-refractivity contribution is 0.980. The molecule has 0 aliphatic rings. The maximum Gasteiger partial charge on any atom is 0.372 e. The molecule has 1 unspecified atom stereocenters. The highest BCUT2D eigenvalue weighted by Crippen LogP contribution is 2.32. The van der Waals surface area contributed by atoms with Crippen molar-refractivity contribution in [3.63, 3.8) is 0 Å². The Hall–Kier alpha value is 0.0506. The molecule has 0 aliphatic carbocycles. The van der Waals surface area contributed by atoms with Crippen molar-refractivity contribution in [1.82, 2.24) is 0 Å². The molecule has 146 valence electrons. The topological polar surface area (TPSA) is 0 Å². The molecule has 0 saturated heterocycles. The Morgan fingerprint density at radius 3 is 1.50 bits per heavy atom. The van der Waals surface area contributed by atoms with Crippen molar-refractivity contribution in [2.75, 3.05) is 0 Å². The number of benzene rings is 3. The van der Waals surface area contributed by atoms with Crippen molar-refractivity contribution in [2.24, 2.45) is 0 Å². The van der Waals surface area contributed by atoms with Crippen LogP contribution in [0, 0.1) is 0 Å². The van der Waals surface area contributed by atoms with E-state index >= 15 is 0 Å². The zero-order chi connectivity index (χ0) is 20.3. The van der Waals surface area contributed by atoms with E-state index in [4.69, 9.17) is 66.5 Å². The third-order valence-corrected chi connectivity index (χ3v) is 11.6. The summed E-state index contributed by atoms with van der Waals surface area (Å²) in [4.78, 5) is 0. The fourth-order valence-electron chi connectivity index (χ4n) is 3.08. The van der Waals surface area contributed by atoms with Gasteiger partial charge >= 0.3 is 6.00 Å². The summed E-state index contributed by atoms with van der Waals surface area (Å²) in [7, 11) is -2.57. The smallest absolute Gasteiger partial charge is 0.170 e. The van der Waals surface area contributed by atoms with Crippen LogP contribution in [-0.2, 0) is 0 Å². The van der Waals surface area contributed by atoms with Gasteiger partial charge in [0, 0.05) is 5.92 Å². The second kappa shape index (κ2) is 9.91. The van der Waals surface area contributed by atoms with E-state index in [1.165, 1.54) is 10.8 Å². The molecule has 3 rings (SSSR count). The minimum Gasteiger partial charge on any atom is -0.170 e. The molecule has 0 aliphatic heterocycles. The van der Waals surface area contributed by atoms with Crippen LogP contribution in [-0.4, -0.2) is 22.2 Å². The summed E-state index contributed by atoms with van der Waals surface area (Å²) < 4.78 is 0. The van der Waals surface area contributed by atoms with Gasteiger partial charge in [-0.1, -0.05) is 72.8 Å². The zero-order valence-electron chi connectivity index (χ0n) is 14.6. The number of hydrogen-bond donors (Lipinski definition) is 0. The van der Waals surface area contributed by atoms with E-state index in [1.807, 2.05) is 36.4 Å². The predicted octanol–water partition coefficient (Wildman–Crippen LogP) is 4.58. The van der Waals surface area contributed by atoms with E-state index in [-0.39, 0.29) is 5.92 Å². The van der Waals surface area contributed by atoms with E-state index in [1.54, 1.807) is 0 Å². The molecule has 3 aromatic carbocycles. The summed E-state index contributed by atoms with van der Waals surface area (Å²) >= 11 is 36.8. The molecule has 0 heterocycles. The number of hydrogen-bond acceptors (Lipinski definition) is 0. The van der Waals surface area contributed by atoms with Gasteiger partial charge in [0.25, 0.3) is 7.42 Å². The van der Waals surface area contributed by atoms with Gasteiger partial charge in [0.15, 0.2) is 8.83 Å². The first-order valence-electron chi connectivity index (χ1n) is 8.49. The van der Waals surface area contributed by atoms with Gasteiger partial charge in [-0.05, 0) is 32.3 Å². The second-order valence-electron chi connectivity index (χ2n) is 6.40. The SMILES string of the molecule is Cl[SiH2]c1ccc(C(c2ccc([SiH](Cl)Cl)cc2)c2ccc([Si](Cl)(Cl)Cl)cc2)cc1. The van der Waals surface area contributed by atoms with E-state index in [0.29, 0.717) is 0 Å². The largest absolute Gasteiger partial charge is 0.372 e. The second-order valence-corrected chi connectivity index (χ2v) is 21.3. The van der Waals surface area contributed by atoms with Crippen LogP contribution >= 0.6 is 66.5 Å². The van der Waals surface area contributed by atoms with E-state index in [2.05, 4.69) is 36.4 Å². The molecule has 0 saturated carbocycles. The maximum atomic E-state index is 6.14. The number of rotatable bonds is 6. The summed E-state index contributed by atoms with van der Waals surface area (Å²) in [6.45, 7) is 0. The Kier molecular flexibility index (Phi) is 8.04. The van der Waals surface area contributed by atoms with Crippen LogP contribution in [0.5, 0.6) is 0 Å². The molecule has 0 spiro atoms. The molecule has 3 aromatic rings. The van der Waals surface area contributed by atoms with Gasteiger partial charge in [-0.2, -0.15) is 11.1 Å². The van der Waals surface area contributed by atoms with Crippen molar-refractivity contribution in [3.8, 4) is 0 Å². The predicted molar refractivity (Wildman–Crippen MR) is 136 cm³/mol. The monoisotopic (exact) mass is 538 g/mol. The molecule has 0 radical (unpaired) electrons. The van der Waals surface area contributed by atoms with Crippen LogP contribution in [0.3, 0.4) is 0 Å². The quantitative estimate of drug-likeness (QED) is 0.244. The zero-order valence-corrected chi connectivity index (χ0v) is 22.7. The van der Waals surface area contributed by atoms with Crippen molar-refractivity contribution in [1.29, 1.82) is 0 Å². The summed E-state index contributed by atoms with van der Waals surface area (Å²) in [6.07, 6.45) is 0. The average Bonchev–Trinajstić information content (AvgIpc) is 2.69. The van der Waals surface area contributed by atoms with Gasteiger partial charge in [0.1, 0.15) is 0 Å². The van der Waals surface area contributed by atoms with Crippen molar-refractivity contribution >= 4 is 104 Å². The molecule has 0 nitrogen and oxygen atoms in total. The molecule has 28 heavy (non-hydrogen) atoms. The van der Waals surface area contributed by atoms with Crippen LogP contribution < -0.4 is 15.6 Å². The van der Waals surface area contributed by atoms with E-state index in [0.717, 1.165) is 21.5 Å². The molecular weight excluding hydrogens is 525 g/mol. The Morgan fingerprint density at radius 2 is 1.11 bits per heavy atom. The molecule has 1 atom stereocenters. The Morgan fingerprint density at radius 1 is 0.679 bits per heavy atom. The lowest BCUT2D eigenvalue weighted by Gasteiger charge is -2.20. The van der Waals surface area contributed by atoms with E-state index in [9.17, 15) is 0 Å². The Labute approximate surface area is 198 Å². The fourth-order valence-corrected chi connectivity index (χ4v) is 7.06. The fraction of sp³-hybridized carbons (Fsp3) is 0.0526. The summed E-state index contributed by atoms with van der Waals surface area (Å²) in [6, 6.07) is 21.7. The van der Waals surface area contributed by atoms with Crippen LogP contribution in [0.1, 0.15) is 22.6 Å². The molecular formula is C19H16Cl6Si3. The van der Waals surface area contributed by atoms with Crippen LogP contribution in [0.2, 0.25) is 0 Å². The highest BCUT2D eigenvalue weighted by Gasteiger charge is 2.28. The molecule has 0 amide bonds.